The van der Waals surface area contributed by atoms with Crippen molar-refractivity contribution in [3.63, 3.8) is 0 Å². The van der Waals surface area contributed by atoms with E-state index < -0.39 is 0 Å². The zero-order chi connectivity index (χ0) is 9.35. The SMILES string of the molecule is CC(C)N1CC(C(C)(C)C)CN1. The van der Waals surface area contributed by atoms with E-state index in [1.807, 2.05) is 0 Å². The van der Waals surface area contributed by atoms with Crippen LogP contribution < -0.4 is 5.43 Å². The molecule has 1 N–H and O–H groups in total. The van der Waals surface area contributed by atoms with Crippen molar-refractivity contribution in [3.8, 4) is 0 Å². The van der Waals surface area contributed by atoms with Gasteiger partial charge in [-0.2, -0.15) is 0 Å². The Hall–Kier alpha value is -0.0800. The Morgan fingerprint density at radius 1 is 1.33 bits per heavy atom. The zero-order valence-electron chi connectivity index (χ0n) is 9.02. The summed E-state index contributed by atoms with van der Waals surface area (Å²) in [5, 5.41) is 2.34. The van der Waals surface area contributed by atoms with Crippen LogP contribution >= 0.6 is 0 Å². The van der Waals surface area contributed by atoms with Crippen LogP contribution in [0.4, 0.5) is 0 Å². The largest absolute Gasteiger partial charge is 0.255 e. The minimum absolute atomic E-state index is 0.441. The summed E-state index contributed by atoms with van der Waals surface area (Å²) in [7, 11) is 0. The highest BCUT2D eigenvalue weighted by Crippen LogP contribution is 2.29. The van der Waals surface area contributed by atoms with Crippen molar-refractivity contribution in [1.82, 2.24) is 10.4 Å². The average Bonchev–Trinajstić information content (AvgIpc) is 2.30. The van der Waals surface area contributed by atoms with Crippen LogP contribution in [0.5, 0.6) is 0 Å². The highest BCUT2D eigenvalue weighted by atomic mass is 15.5. The van der Waals surface area contributed by atoms with E-state index in [4.69, 9.17) is 0 Å². The van der Waals surface area contributed by atoms with Crippen molar-refractivity contribution in [2.75, 3.05) is 13.1 Å². The predicted octanol–water partition coefficient (Wildman–Crippen LogP) is 1.88. The lowest BCUT2D eigenvalue weighted by atomic mass is 9.81. The molecule has 0 aromatic rings. The molecule has 0 aromatic carbocycles. The van der Waals surface area contributed by atoms with Crippen LogP contribution in [0.1, 0.15) is 34.6 Å². The van der Waals surface area contributed by atoms with Crippen LogP contribution in [-0.2, 0) is 0 Å². The van der Waals surface area contributed by atoms with Gasteiger partial charge in [-0.25, -0.2) is 5.01 Å². The number of hydrazine groups is 1. The van der Waals surface area contributed by atoms with Gasteiger partial charge in [-0.1, -0.05) is 20.8 Å². The molecule has 1 saturated heterocycles. The molecule has 0 spiro atoms. The van der Waals surface area contributed by atoms with Gasteiger partial charge < -0.3 is 0 Å². The zero-order valence-corrected chi connectivity index (χ0v) is 9.02. The molecule has 0 amide bonds. The second kappa shape index (κ2) is 3.35. The van der Waals surface area contributed by atoms with Gasteiger partial charge in [0.05, 0.1) is 0 Å². The van der Waals surface area contributed by atoms with Crippen LogP contribution in [0.15, 0.2) is 0 Å². The average molecular weight is 170 g/mol. The van der Waals surface area contributed by atoms with E-state index in [1.54, 1.807) is 0 Å². The molecule has 0 bridgehead atoms. The Labute approximate surface area is 76.3 Å². The molecule has 1 heterocycles. The lowest BCUT2D eigenvalue weighted by molar-refractivity contribution is 0.178. The molecule has 0 aliphatic carbocycles. The van der Waals surface area contributed by atoms with E-state index in [1.165, 1.54) is 6.54 Å². The molecule has 0 saturated carbocycles. The summed E-state index contributed by atoms with van der Waals surface area (Å²) in [5.74, 6) is 0.792. The summed E-state index contributed by atoms with van der Waals surface area (Å²) in [5.41, 5.74) is 3.89. The summed E-state index contributed by atoms with van der Waals surface area (Å²) in [4.78, 5) is 0. The number of nitrogens with one attached hydrogen (secondary N) is 1. The van der Waals surface area contributed by atoms with Gasteiger partial charge in [0.15, 0.2) is 0 Å². The maximum absolute atomic E-state index is 3.45. The lowest BCUT2D eigenvalue weighted by Crippen LogP contribution is -2.36. The molecule has 0 aromatic heterocycles. The van der Waals surface area contributed by atoms with E-state index in [9.17, 15) is 0 Å². The number of rotatable bonds is 1. The van der Waals surface area contributed by atoms with Gasteiger partial charge in [0.25, 0.3) is 0 Å². The van der Waals surface area contributed by atoms with Gasteiger partial charge >= 0.3 is 0 Å². The monoisotopic (exact) mass is 170 g/mol. The third kappa shape index (κ3) is 2.20. The fraction of sp³-hybridized carbons (Fsp3) is 1.00. The summed E-state index contributed by atoms with van der Waals surface area (Å²) in [6.07, 6.45) is 0. The highest BCUT2D eigenvalue weighted by Gasteiger charge is 2.32. The molecule has 1 rings (SSSR count). The Bertz CT molecular complexity index is 146. The number of nitrogens with zero attached hydrogens (tertiary/aromatic N) is 1. The molecule has 0 radical (unpaired) electrons. The van der Waals surface area contributed by atoms with Crippen molar-refractivity contribution in [1.29, 1.82) is 0 Å². The molecular formula is C10H22N2. The van der Waals surface area contributed by atoms with Crippen LogP contribution in [-0.4, -0.2) is 24.1 Å². The van der Waals surface area contributed by atoms with E-state index >= 15 is 0 Å². The van der Waals surface area contributed by atoms with Gasteiger partial charge in [0.2, 0.25) is 0 Å². The van der Waals surface area contributed by atoms with Crippen LogP contribution in [0.2, 0.25) is 0 Å². The lowest BCUT2D eigenvalue weighted by Gasteiger charge is -2.26. The summed E-state index contributed by atoms with van der Waals surface area (Å²) in [6, 6.07) is 0.623. The molecule has 1 unspecified atom stereocenters. The summed E-state index contributed by atoms with van der Waals surface area (Å²) >= 11 is 0. The molecule has 2 nitrogen and oxygen atoms in total. The van der Waals surface area contributed by atoms with Crippen molar-refractivity contribution in [2.45, 2.75) is 40.7 Å². The van der Waals surface area contributed by atoms with Gasteiger partial charge in [0.1, 0.15) is 0 Å². The first-order chi connectivity index (χ1) is 5.41. The Morgan fingerprint density at radius 2 is 1.92 bits per heavy atom. The van der Waals surface area contributed by atoms with Crippen molar-refractivity contribution in [2.24, 2.45) is 11.3 Å². The number of hydrogen-bond acceptors (Lipinski definition) is 2. The maximum Gasteiger partial charge on any atom is 0.0187 e. The fourth-order valence-corrected chi connectivity index (χ4v) is 1.57. The second-order valence-corrected chi connectivity index (χ2v) is 5.17. The van der Waals surface area contributed by atoms with Gasteiger partial charge in [0, 0.05) is 19.1 Å². The molecular weight excluding hydrogens is 148 g/mol. The van der Waals surface area contributed by atoms with E-state index in [-0.39, 0.29) is 0 Å². The van der Waals surface area contributed by atoms with E-state index in [0.29, 0.717) is 11.5 Å². The van der Waals surface area contributed by atoms with Crippen LogP contribution in [0, 0.1) is 11.3 Å². The molecule has 1 aliphatic rings. The molecule has 1 aliphatic heterocycles. The van der Waals surface area contributed by atoms with Gasteiger partial charge in [-0.3, -0.25) is 5.43 Å². The fourth-order valence-electron chi connectivity index (χ4n) is 1.57. The van der Waals surface area contributed by atoms with Crippen molar-refractivity contribution < 1.29 is 0 Å². The van der Waals surface area contributed by atoms with Gasteiger partial charge in [-0.15, -0.1) is 0 Å². The van der Waals surface area contributed by atoms with Crippen molar-refractivity contribution in [3.05, 3.63) is 0 Å². The maximum atomic E-state index is 3.45. The summed E-state index contributed by atoms with van der Waals surface area (Å²) < 4.78 is 0. The molecule has 2 heteroatoms. The Kier molecular flexibility index (Phi) is 2.79. The van der Waals surface area contributed by atoms with Gasteiger partial charge in [-0.05, 0) is 25.2 Å². The quantitative estimate of drug-likeness (QED) is 0.646. The van der Waals surface area contributed by atoms with E-state index in [0.717, 1.165) is 12.5 Å². The minimum Gasteiger partial charge on any atom is -0.255 e. The smallest absolute Gasteiger partial charge is 0.0187 e. The summed E-state index contributed by atoms with van der Waals surface area (Å²) in [6.45, 7) is 13.8. The number of hydrogen-bond donors (Lipinski definition) is 1. The Morgan fingerprint density at radius 3 is 2.17 bits per heavy atom. The van der Waals surface area contributed by atoms with Crippen molar-refractivity contribution >= 4 is 0 Å². The molecule has 72 valence electrons. The molecule has 12 heavy (non-hydrogen) atoms. The highest BCUT2D eigenvalue weighted by molar-refractivity contribution is 4.83. The van der Waals surface area contributed by atoms with E-state index in [2.05, 4.69) is 45.1 Å². The van der Waals surface area contributed by atoms with Crippen LogP contribution in [0.25, 0.3) is 0 Å². The predicted molar refractivity (Wildman–Crippen MR) is 52.8 cm³/mol. The third-order valence-corrected chi connectivity index (χ3v) is 2.81. The first kappa shape index (κ1) is 10.0. The first-order valence-corrected chi connectivity index (χ1v) is 4.91. The minimum atomic E-state index is 0.441. The normalized spacial score (nSPS) is 27.0. The topological polar surface area (TPSA) is 15.3 Å². The second-order valence-electron chi connectivity index (χ2n) is 5.17. The molecule has 1 atom stereocenters. The first-order valence-electron chi connectivity index (χ1n) is 4.91. The van der Waals surface area contributed by atoms with Crippen LogP contribution in [0.3, 0.4) is 0 Å². The standard InChI is InChI=1S/C10H22N2/c1-8(2)12-7-9(6-11-12)10(3,4)5/h8-9,11H,6-7H2,1-5H3. The third-order valence-electron chi connectivity index (χ3n) is 2.81. The molecule has 1 fully saturated rings. The Balaban J connectivity index is 2.46.